The fourth-order valence-electron chi connectivity index (χ4n) is 1.53. The van der Waals surface area contributed by atoms with E-state index in [2.05, 4.69) is 4.98 Å². The number of carbonyl (C=O) groups is 1. The average molecular weight is 174 g/mol. The van der Waals surface area contributed by atoms with Gasteiger partial charge in [0.2, 0.25) is 0 Å². The summed E-state index contributed by atoms with van der Waals surface area (Å²) in [6.07, 6.45) is 2.58. The van der Waals surface area contributed by atoms with E-state index >= 15 is 0 Å². The van der Waals surface area contributed by atoms with Crippen molar-refractivity contribution in [3.63, 3.8) is 0 Å². The number of nitrogens with zero attached hydrogens (tertiary/aromatic N) is 2. The second-order valence-electron chi connectivity index (χ2n) is 3.01. The van der Waals surface area contributed by atoms with Gasteiger partial charge in [-0.3, -0.25) is 0 Å². The molecule has 0 unspecified atom stereocenters. The number of aromatic nitrogens is 2. The quantitative estimate of drug-likeness (QED) is 0.647. The molecule has 0 amide bonds. The van der Waals surface area contributed by atoms with E-state index in [1.807, 2.05) is 29.7 Å². The van der Waals surface area contributed by atoms with Crippen LogP contribution in [0.3, 0.4) is 0 Å². The Labute approximate surface area is 76.0 Å². The molecule has 1 aromatic carbocycles. The molecule has 3 nitrogen and oxygen atoms in total. The zero-order valence-electron chi connectivity index (χ0n) is 7.40. The molecule has 0 saturated heterocycles. The molecule has 1 aromatic heterocycles. The minimum Gasteiger partial charge on any atom is -0.323 e. The zero-order chi connectivity index (χ0) is 9.26. The minimum absolute atomic E-state index is 0.376. The molecular weight excluding hydrogens is 164 g/mol. The molecule has 0 fully saturated rings. The molecule has 2 rings (SSSR count). The van der Waals surface area contributed by atoms with Gasteiger partial charge in [-0.05, 0) is 18.6 Å². The minimum atomic E-state index is 0.376. The van der Waals surface area contributed by atoms with Gasteiger partial charge in [0.25, 0.3) is 0 Å². The molecule has 0 saturated carbocycles. The zero-order valence-corrected chi connectivity index (χ0v) is 7.40. The third kappa shape index (κ3) is 1.22. The van der Waals surface area contributed by atoms with Crippen LogP contribution < -0.4 is 0 Å². The molecule has 0 radical (unpaired) electrons. The number of imidazole rings is 1. The highest BCUT2D eigenvalue weighted by Crippen LogP contribution is 2.16. The number of hydrogen-bond donors (Lipinski definition) is 0. The molecule has 0 spiro atoms. The Morgan fingerprint density at radius 2 is 2.38 bits per heavy atom. The highest BCUT2D eigenvalue weighted by Gasteiger charge is 2.03. The van der Waals surface area contributed by atoms with Crippen LogP contribution in [0.25, 0.3) is 11.0 Å². The van der Waals surface area contributed by atoms with Gasteiger partial charge in [0.1, 0.15) is 6.29 Å². The maximum Gasteiger partial charge on any atom is 0.139 e. The first-order valence-corrected chi connectivity index (χ1v) is 4.17. The summed E-state index contributed by atoms with van der Waals surface area (Å²) in [4.78, 5) is 14.6. The summed E-state index contributed by atoms with van der Waals surface area (Å²) in [7, 11) is 0. The summed E-state index contributed by atoms with van der Waals surface area (Å²) in [5.74, 6) is 0. The molecule has 3 heteroatoms. The number of benzene rings is 1. The Hall–Kier alpha value is -1.64. The molecule has 0 aliphatic carbocycles. The highest BCUT2D eigenvalue weighted by atomic mass is 16.1. The predicted molar refractivity (Wildman–Crippen MR) is 50.5 cm³/mol. The van der Waals surface area contributed by atoms with Crippen molar-refractivity contribution in [1.29, 1.82) is 0 Å². The Balaban J connectivity index is 2.70. The number of carbonyl (C=O) groups excluding carboxylic acids is 1. The number of aldehydes is 1. The van der Waals surface area contributed by atoms with E-state index < -0.39 is 0 Å². The standard InChI is InChI=1S/C10H10N2O/c1-8-3-2-4-9-10(8)12(5-6-13)7-11-9/h2-4,6-7H,5H2,1H3. The number of aryl methyl sites for hydroxylation is 1. The summed E-state index contributed by atoms with van der Waals surface area (Å²) in [5, 5.41) is 0. The Bertz CT molecular complexity index is 445. The molecule has 0 aliphatic rings. The maximum absolute atomic E-state index is 10.4. The second-order valence-corrected chi connectivity index (χ2v) is 3.01. The summed E-state index contributed by atoms with van der Waals surface area (Å²) in [6.45, 7) is 2.40. The molecule has 0 atom stereocenters. The van der Waals surface area contributed by atoms with Crippen LogP contribution in [0.2, 0.25) is 0 Å². The molecule has 0 aliphatic heterocycles. The van der Waals surface area contributed by atoms with Gasteiger partial charge >= 0.3 is 0 Å². The lowest BCUT2D eigenvalue weighted by atomic mass is 10.2. The van der Waals surface area contributed by atoms with Crippen LogP contribution in [0.1, 0.15) is 5.56 Å². The second kappa shape index (κ2) is 3.01. The fraction of sp³-hybridized carbons (Fsp3) is 0.200. The maximum atomic E-state index is 10.4. The third-order valence-corrected chi connectivity index (χ3v) is 2.11. The third-order valence-electron chi connectivity index (χ3n) is 2.11. The van der Waals surface area contributed by atoms with Gasteiger partial charge in [0.05, 0.1) is 23.9 Å². The Morgan fingerprint density at radius 3 is 3.15 bits per heavy atom. The van der Waals surface area contributed by atoms with Gasteiger partial charge in [-0.1, -0.05) is 12.1 Å². The largest absolute Gasteiger partial charge is 0.323 e. The van der Waals surface area contributed by atoms with Gasteiger partial charge < -0.3 is 9.36 Å². The number of hydrogen-bond acceptors (Lipinski definition) is 2. The van der Waals surface area contributed by atoms with E-state index in [0.29, 0.717) is 6.54 Å². The lowest BCUT2D eigenvalue weighted by Crippen LogP contribution is -1.97. The van der Waals surface area contributed by atoms with Crippen molar-refractivity contribution in [1.82, 2.24) is 9.55 Å². The smallest absolute Gasteiger partial charge is 0.139 e. The normalized spacial score (nSPS) is 10.5. The van der Waals surface area contributed by atoms with Crippen LogP contribution >= 0.6 is 0 Å². The van der Waals surface area contributed by atoms with Gasteiger partial charge in [-0.15, -0.1) is 0 Å². The topological polar surface area (TPSA) is 34.9 Å². The summed E-state index contributed by atoms with van der Waals surface area (Å²) < 4.78 is 1.86. The van der Waals surface area contributed by atoms with Crippen LogP contribution in [-0.4, -0.2) is 15.8 Å². The van der Waals surface area contributed by atoms with E-state index in [-0.39, 0.29) is 0 Å². The van der Waals surface area contributed by atoms with Crippen molar-refractivity contribution < 1.29 is 4.79 Å². The summed E-state index contributed by atoms with van der Waals surface area (Å²) >= 11 is 0. The SMILES string of the molecule is Cc1cccc2ncn(CC=O)c12. The van der Waals surface area contributed by atoms with E-state index in [9.17, 15) is 4.79 Å². The van der Waals surface area contributed by atoms with Gasteiger partial charge in [-0.2, -0.15) is 0 Å². The van der Waals surface area contributed by atoms with Gasteiger partial charge in [-0.25, -0.2) is 4.98 Å². The van der Waals surface area contributed by atoms with Crippen molar-refractivity contribution in [2.45, 2.75) is 13.5 Å². The molecule has 0 N–H and O–H groups in total. The predicted octanol–water partition coefficient (Wildman–Crippen LogP) is 1.54. The fourth-order valence-corrected chi connectivity index (χ4v) is 1.53. The van der Waals surface area contributed by atoms with Crippen LogP contribution in [0.5, 0.6) is 0 Å². The van der Waals surface area contributed by atoms with E-state index in [1.165, 1.54) is 0 Å². The number of rotatable bonds is 2. The lowest BCUT2D eigenvalue weighted by molar-refractivity contribution is -0.108. The van der Waals surface area contributed by atoms with Crippen molar-refractivity contribution in [2.75, 3.05) is 0 Å². The van der Waals surface area contributed by atoms with Gasteiger partial charge in [0, 0.05) is 0 Å². The van der Waals surface area contributed by atoms with Crippen LogP contribution in [0.15, 0.2) is 24.5 Å². The first-order valence-electron chi connectivity index (χ1n) is 4.17. The number of fused-ring (bicyclic) bond motifs is 1. The highest BCUT2D eigenvalue weighted by molar-refractivity contribution is 5.79. The van der Waals surface area contributed by atoms with Gasteiger partial charge in [0.15, 0.2) is 0 Å². The van der Waals surface area contributed by atoms with Crippen LogP contribution in [0, 0.1) is 6.92 Å². The average Bonchev–Trinajstić information content (AvgIpc) is 2.51. The van der Waals surface area contributed by atoms with E-state index in [0.717, 1.165) is 22.9 Å². The molecule has 0 bridgehead atoms. The van der Waals surface area contributed by atoms with Crippen LogP contribution in [0.4, 0.5) is 0 Å². The van der Waals surface area contributed by atoms with Crippen molar-refractivity contribution in [3.8, 4) is 0 Å². The lowest BCUT2D eigenvalue weighted by Gasteiger charge is -2.00. The molecular formula is C10H10N2O. The molecule has 66 valence electrons. The van der Waals surface area contributed by atoms with Crippen LogP contribution in [-0.2, 0) is 11.3 Å². The molecule has 13 heavy (non-hydrogen) atoms. The van der Waals surface area contributed by atoms with E-state index in [4.69, 9.17) is 0 Å². The number of para-hydroxylation sites is 1. The first-order chi connectivity index (χ1) is 6.33. The Kier molecular flexibility index (Phi) is 1.85. The summed E-state index contributed by atoms with van der Waals surface area (Å²) in [6, 6.07) is 5.94. The molecule has 2 aromatic rings. The molecule has 1 heterocycles. The first kappa shape index (κ1) is 7.98. The Morgan fingerprint density at radius 1 is 1.54 bits per heavy atom. The monoisotopic (exact) mass is 174 g/mol. The van der Waals surface area contributed by atoms with Crippen molar-refractivity contribution in [2.24, 2.45) is 0 Å². The van der Waals surface area contributed by atoms with E-state index in [1.54, 1.807) is 6.33 Å². The van der Waals surface area contributed by atoms with Crippen molar-refractivity contribution >= 4 is 17.3 Å². The summed E-state index contributed by atoms with van der Waals surface area (Å²) in [5.41, 5.74) is 3.15. The van der Waals surface area contributed by atoms with Crippen molar-refractivity contribution in [3.05, 3.63) is 30.1 Å².